The number of aromatic nitrogens is 1. The SMILES string of the molecule is CC(C)C[C@H]1C(=O)OCc2cccn21. The van der Waals surface area contributed by atoms with Gasteiger partial charge < -0.3 is 9.30 Å². The van der Waals surface area contributed by atoms with Crippen LogP contribution in [0.1, 0.15) is 32.0 Å². The first-order valence-electron chi connectivity index (χ1n) is 5.01. The highest BCUT2D eigenvalue weighted by atomic mass is 16.5. The maximum absolute atomic E-state index is 11.5. The average molecular weight is 193 g/mol. The largest absolute Gasteiger partial charge is 0.458 e. The van der Waals surface area contributed by atoms with Gasteiger partial charge in [-0.25, -0.2) is 4.79 Å². The van der Waals surface area contributed by atoms with Gasteiger partial charge in [-0.3, -0.25) is 0 Å². The molecule has 1 atom stereocenters. The molecule has 1 aromatic heterocycles. The number of nitrogens with zero attached hydrogens (tertiary/aromatic N) is 1. The molecule has 0 aliphatic carbocycles. The second-order valence-electron chi connectivity index (χ2n) is 4.16. The van der Waals surface area contributed by atoms with Crippen LogP contribution in [0.4, 0.5) is 0 Å². The fraction of sp³-hybridized carbons (Fsp3) is 0.545. The van der Waals surface area contributed by atoms with Crippen LogP contribution < -0.4 is 0 Å². The van der Waals surface area contributed by atoms with E-state index in [0.717, 1.165) is 12.1 Å². The summed E-state index contributed by atoms with van der Waals surface area (Å²) in [5, 5.41) is 0. The zero-order valence-corrected chi connectivity index (χ0v) is 8.56. The lowest BCUT2D eigenvalue weighted by Crippen LogP contribution is -2.29. The van der Waals surface area contributed by atoms with Crippen molar-refractivity contribution in [2.45, 2.75) is 32.9 Å². The Bertz CT molecular complexity index is 341. The molecule has 0 radical (unpaired) electrons. The molecule has 1 aromatic rings. The van der Waals surface area contributed by atoms with Crippen molar-refractivity contribution in [3.05, 3.63) is 24.0 Å². The van der Waals surface area contributed by atoms with E-state index in [1.807, 2.05) is 22.9 Å². The molecule has 2 rings (SSSR count). The fourth-order valence-electron chi connectivity index (χ4n) is 1.87. The molecular formula is C11H15NO2. The zero-order chi connectivity index (χ0) is 10.1. The number of carbonyl (C=O) groups is 1. The molecular weight excluding hydrogens is 178 g/mol. The van der Waals surface area contributed by atoms with E-state index in [2.05, 4.69) is 13.8 Å². The Morgan fingerprint density at radius 1 is 1.64 bits per heavy atom. The molecule has 0 saturated carbocycles. The van der Waals surface area contributed by atoms with E-state index in [9.17, 15) is 4.79 Å². The minimum absolute atomic E-state index is 0.0950. The maximum Gasteiger partial charge on any atom is 0.329 e. The number of cyclic esters (lactones) is 1. The summed E-state index contributed by atoms with van der Waals surface area (Å²) >= 11 is 0. The van der Waals surface area contributed by atoms with E-state index >= 15 is 0 Å². The molecule has 0 N–H and O–H groups in total. The molecule has 0 spiro atoms. The van der Waals surface area contributed by atoms with Gasteiger partial charge in [0.1, 0.15) is 12.6 Å². The van der Waals surface area contributed by atoms with Crippen LogP contribution in [-0.4, -0.2) is 10.5 Å². The molecule has 3 nitrogen and oxygen atoms in total. The van der Waals surface area contributed by atoms with Crippen molar-refractivity contribution in [1.82, 2.24) is 4.57 Å². The summed E-state index contributed by atoms with van der Waals surface area (Å²) in [4.78, 5) is 11.5. The van der Waals surface area contributed by atoms with Crippen LogP contribution in [0.3, 0.4) is 0 Å². The van der Waals surface area contributed by atoms with Crippen molar-refractivity contribution >= 4 is 5.97 Å². The molecule has 76 valence electrons. The van der Waals surface area contributed by atoms with Crippen molar-refractivity contribution in [2.75, 3.05) is 0 Å². The topological polar surface area (TPSA) is 31.2 Å². The van der Waals surface area contributed by atoms with Crippen molar-refractivity contribution < 1.29 is 9.53 Å². The third-order valence-corrected chi connectivity index (χ3v) is 2.53. The van der Waals surface area contributed by atoms with Gasteiger partial charge in [0.25, 0.3) is 0 Å². The Morgan fingerprint density at radius 2 is 2.43 bits per heavy atom. The van der Waals surface area contributed by atoms with Crippen LogP contribution in [0, 0.1) is 5.92 Å². The summed E-state index contributed by atoms with van der Waals surface area (Å²) in [6.07, 6.45) is 2.81. The summed E-state index contributed by atoms with van der Waals surface area (Å²) < 4.78 is 7.15. The quantitative estimate of drug-likeness (QED) is 0.674. The Kier molecular flexibility index (Phi) is 2.32. The van der Waals surface area contributed by atoms with Crippen molar-refractivity contribution in [2.24, 2.45) is 5.92 Å². The second kappa shape index (κ2) is 3.48. The molecule has 0 fully saturated rings. The normalized spacial score (nSPS) is 20.8. The Balaban J connectivity index is 2.27. The molecule has 0 aromatic carbocycles. The summed E-state index contributed by atoms with van der Waals surface area (Å²) in [7, 11) is 0. The van der Waals surface area contributed by atoms with Crippen LogP contribution in [0.2, 0.25) is 0 Å². The van der Waals surface area contributed by atoms with Gasteiger partial charge in [0.15, 0.2) is 0 Å². The third kappa shape index (κ3) is 1.54. The number of esters is 1. The predicted molar refractivity (Wildman–Crippen MR) is 52.7 cm³/mol. The van der Waals surface area contributed by atoms with Crippen LogP contribution >= 0.6 is 0 Å². The van der Waals surface area contributed by atoms with Gasteiger partial charge in [0.2, 0.25) is 0 Å². The molecule has 2 heterocycles. The monoisotopic (exact) mass is 193 g/mol. The summed E-state index contributed by atoms with van der Waals surface area (Å²) in [6.45, 7) is 4.65. The van der Waals surface area contributed by atoms with Gasteiger partial charge in [-0.05, 0) is 24.5 Å². The van der Waals surface area contributed by atoms with Gasteiger partial charge in [-0.15, -0.1) is 0 Å². The first-order valence-corrected chi connectivity index (χ1v) is 5.01. The van der Waals surface area contributed by atoms with E-state index in [4.69, 9.17) is 4.74 Å². The molecule has 14 heavy (non-hydrogen) atoms. The fourth-order valence-corrected chi connectivity index (χ4v) is 1.87. The predicted octanol–water partition coefficient (Wildman–Crippen LogP) is 2.13. The number of rotatable bonds is 2. The smallest absolute Gasteiger partial charge is 0.329 e. The van der Waals surface area contributed by atoms with E-state index in [-0.39, 0.29) is 12.0 Å². The van der Waals surface area contributed by atoms with Crippen LogP contribution in [0.25, 0.3) is 0 Å². The van der Waals surface area contributed by atoms with Crippen LogP contribution in [0.5, 0.6) is 0 Å². The van der Waals surface area contributed by atoms with Crippen LogP contribution in [0.15, 0.2) is 18.3 Å². The van der Waals surface area contributed by atoms with Gasteiger partial charge in [-0.2, -0.15) is 0 Å². The first kappa shape index (κ1) is 9.31. The molecule has 0 amide bonds. The highest BCUT2D eigenvalue weighted by Crippen LogP contribution is 2.26. The van der Waals surface area contributed by atoms with E-state index in [1.165, 1.54) is 0 Å². The lowest BCUT2D eigenvalue weighted by Gasteiger charge is -2.26. The van der Waals surface area contributed by atoms with E-state index < -0.39 is 0 Å². The Hall–Kier alpha value is -1.25. The molecule has 0 saturated heterocycles. The second-order valence-corrected chi connectivity index (χ2v) is 4.16. The summed E-state index contributed by atoms with van der Waals surface area (Å²) in [5.74, 6) is 0.406. The Morgan fingerprint density at radius 3 is 3.14 bits per heavy atom. The van der Waals surface area contributed by atoms with Gasteiger partial charge >= 0.3 is 5.97 Å². The standard InChI is InChI=1S/C11H15NO2/c1-8(2)6-10-11(13)14-7-9-4-3-5-12(9)10/h3-5,8,10H,6-7H2,1-2H3/t10-/m0/s1. The number of fused-ring (bicyclic) bond motifs is 1. The molecule has 3 heteroatoms. The highest BCUT2D eigenvalue weighted by Gasteiger charge is 2.28. The van der Waals surface area contributed by atoms with Gasteiger partial charge in [-0.1, -0.05) is 13.8 Å². The molecule has 0 bridgehead atoms. The number of hydrogen-bond donors (Lipinski definition) is 0. The molecule has 1 aliphatic heterocycles. The third-order valence-electron chi connectivity index (χ3n) is 2.53. The van der Waals surface area contributed by atoms with Crippen molar-refractivity contribution in [1.29, 1.82) is 0 Å². The lowest BCUT2D eigenvalue weighted by molar-refractivity contribution is -0.152. The number of carbonyl (C=O) groups excluding carboxylic acids is 1. The van der Waals surface area contributed by atoms with Gasteiger partial charge in [0.05, 0.1) is 5.69 Å². The minimum Gasteiger partial charge on any atom is -0.458 e. The van der Waals surface area contributed by atoms with Crippen LogP contribution in [-0.2, 0) is 16.1 Å². The number of hydrogen-bond acceptors (Lipinski definition) is 2. The average Bonchev–Trinajstić information content (AvgIpc) is 2.57. The molecule has 1 aliphatic rings. The maximum atomic E-state index is 11.5. The summed E-state index contributed by atoms with van der Waals surface area (Å²) in [6, 6.07) is 3.85. The van der Waals surface area contributed by atoms with Gasteiger partial charge in [0, 0.05) is 6.20 Å². The minimum atomic E-state index is -0.117. The van der Waals surface area contributed by atoms with E-state index in [0.29, 0.717) is 12.5 Å². The Labute approximate surface area is 83.7 Å². The lowest BCUT2D eigenvalue weighted by atomic mass is 10.0. The highest BCUT2D eigenvalue weighted by molar-refractivity contribution is 5.75. The summed E-state index contributed by atoms with van der Waals surface area (Å²) in [5.41, 5.74) is 1.09. The van der Waals surface area contributed by atoms with Crippen molar-refractivity contribution in [3.63, 3.8) is 0 Å². The molecule has 0 unspecified atom stereocenters. The van der Waals surface area contributed by atoms with E-state index in [1.54, 1.807) is 0 Å². The van der Waals surface area contributed by atoms with Crippen molar-refractivity contribution in [3.8, 4) is 0 Å². The zero-order valence-electron chi connectivity index (χ0n) is 8.56. The first-order chi connectivity index (χ1) is 6.68. The number of ether oxygens (including phenoxy) is 1.